The van der Waals surface area contributed by atoms with Gasteiger partial charge in [0, 0.05) is 29.0 Å². The SMILES string of the molecule is CNC1COC(C2CCCCCS(=O)(=O)NC(=O)c3ccc4c(c3)N(CC3(CCCc5ccccc53)CO4)C(C)(C)C3CCC23)OC1. The number of fused-ring (bicyclic) bond motifs is 4. The molecule has 3 aliphatic heterocycles. The summed E-state index contributed by atoms with van der Waals surface area (Å²) < 4.78 is 47.9. The number of carbonyl (C=O) groups is 1. The quantitative estimate of drug-likeness (QED) is 0.453. The van der Waals surface area contributed by atoms with E-state index in [0.717, 1.165) is 69.3 Å². The molecule has 2 bridgehead atoms. The zero-order valence-electron chi connectivity index (χ0n) is 28.1. The van der Waals surface area contributed by atoms with Crippen LogP contribution in [0.25, 0.3) is 0 Å². The minimum atomic E-state index is -3.78. The molecule has 2 fully saturated rings. The molecule has 4 unspecified atom stereocenters. The summed E-state index contributed by atoms with van der Waals surface area (Å²) in [6.07, 6.45) is 8.19. The largest absolute Gasteiger partial charge is 0.490 e. The minimum absolute atomic E-state index is 0.0785. The highest BCUT2D eigenvalue weighted by Gasteiger charge is 2.53. The number of nitrogens with one attached hydrogen (secondary N) is 2. The van der Waals surface area contributed by atoms with E-state index in [-0.39, 0.29) is 35.0 Å². The number of aryl methyl sites for hydroxylation is 1. The lowest BCUT2D eigenvalue weighted by Crippen LogP contribution is -2.61. The van der Waals surface area contributed by atoms with Crippen LogP contribution in [0.5, 0.6) is 5.75 Å². The van der Waals surface area contributed by atoms with Gasteiger partial charge in [0.15, 0.2) is 6.29 Å². The normalized spacial score (nSPS) is 33.7. The van der Waals surface area contributed by atoms with Crippen LogP contribution in [0, 0.1) is 17.8 Å². The van der Waals surface area contributed by atoms with Crippen molar-refractivity contribution >= 4 is 21.6 Å². The molecule has 4 atom stereocenters. The van der Waals surface area contributed by atoms with Crippen LogP contribution in [0.3, 0.4) is 0 Å². The Bertz CT molecular complexity index is 1570. The Kier molecular flexibility index (Phi) is 9.08. The molecule has 7 rings (SSSR count). The molecule has 10 heteroatoms. The van der Waals surface area contributed by atoms with Gasteiger partial charge in [0.2, 0.25) is 10.0 Å². The Morgan fingerprint density at radius 3 is 2.53 bits per heavy atom. The molecule has 1 saturated carbocycles. The molecule has 2 aliphatic carbocycles. The molecule has 1 spiro atoms. The molecule has 2 aromatic carbocycles. The maximum atomic E-state index is 13.4. The molecule has 0 aromatic heterocycles. The van der Waals surface area contributed by atoms with E-state index in [4.69, 9.17) is 14.2 Å². The van der Waals surface area contributed by atoms with E-state index in [9.17, 15) is 13.2 Å². The molecule has 2 N–H and O–H groups in total. The zero-order chi connectivity index (χ0) is 32.8. The number of sulfonamides is 1. The third-order valence-corrected chi connectivity index (χ3v) is 13.4. The number of carbonyl (C=O) groups excluding carboxylic acids is 1. The van der Waals surface area contributed by atoms with Crippen LogP contribution in [-0.4, -0.2) is 71.4 Å². The Labute approximate surface area is 280 Å². The van der Waals surface area contributed by atoms with Gasteiger partial charge in [-0.05, 0) is 107 Å². The van der Waals surface area contributed by atoms with Crippen LogP contribution in [0.15, 0.2) is 42.5 Å². The average Bonchev–Trinajstić information content (AvgIpc) is 3.20. The van der Waals surface area contributed by atoms with E-state index < -0.39 is 15.9 Å². The lowest BCUT2D eigenvalue weighted by Gasteiger charge is -2.57. The van der Waals surface area contributed by atoms with Crippen molar-refractivity contribution in [3.05, 3.63) is 59.2 Å². The van der Waals surface area contributed by atoms with Gasteiger partial charge in [-0.2, -0.15) is 0 Å². The van der Waals surface area contributed by atoms with E-state index in [1.807, 2.05) is 19.2 Å². The summed E-state index contributed by atoms with van der Waals surface area (Å²) in [6.45, 7) is 7.27. The first kappa shape index (κ1) is 32.9. The van der Waals surface area contributed by atoms with Gasteiger partial charge >= 0.3 is 0 Å². The summed E-state index contributed by atoms with van der Waals surface area (Å²) >= 11 is 0. The Morgan fingerprint density at radius 2 is 1.77 bits per heavy atom. The van der Waals surface area contributed by atoms with E-state index >= 15 is 0 Å². The number of likely N-dealkylation sites (N-methyl/N-ethyl adjacent to an activating group) is 1. The van der Waals surface area contributed by atoms with Crippen LogP contribution in [0.1, 0.15) is 86.7 Å². The number of rotatable bonds is 2. The summed E-state index contributed by atoms with van der Waals surface area (Å²) in [5, 5.41) is 3.28. The number of hydrogen-bond donors (Lipinski definition) is 2. The molecule has 256 valence electrons. The fraction of sp³-hybridized carbons (Fsp3) is 0.649. The number of hydrogen-bond acceptors (Lipinski definition) is 8. The van der Waals surface area contributed by atoms with Gasteiger partial charge in [0.05, 0.1) is 37.3 Å². The summed E-state index contributed by atoms with van der Waals surface area (Å²) in [5.74, 6) is 1.05. The first-order chi connectivity index (χ1) is 22.6. The molecular weight excluding hydrogens is 614 g/mol. The Balaban J connectivity index is 1.31. The molecule has 2 aromatic rings. The standard InChI is InChI=1S/C37H51N3O6S/c1-36(2)31-16-15-28(31)29(35-44-21-27(38-3)22-45-35)12-5-4-8-19-47(42,43)39-34(41)26-14-17-33-32(20-26)40(36)23-37(24-46-33)18-9-11-25-10-6-7-13-30(25)37/h6-7,10,13-14,17,20,27-29,31,35,38H,4-5,8-9,11-12,15-16,18-19,21-24H2,1-3H3,(H,39,41). The van der Waals surface area contributed by atoms with Gasteiger partial charge in [0.25, 0.3) is 5.91 Å². The minimum Gasteiger partial charge on any atom is -0.490 e. The molecule has 0 radical (unpaired) electrons. The van der Waals surface area contributed by atoms with E-state index in [1.165, 1.54) is 11.1 Å². The van der Waals surface area contributed by atoms with Crippen molar-refractivity contribution in [2.24, 2.45) is 17.8 Å². The van der Waals surface area contributed by atoms with Crippen LogP contribution < -0.4 is 19.7 Å². The third kappa shape index (κ3) is 6.31. The van der Waals surface area contributed by atoms with Gasteiger partial charge in [-0.25, -0.2) is 13.1 Å². The molecule has 5 aliphatic rings. The monoisotopic (exact) mass is 665 g/mol. The van der Waals surface area contributed by atoms with Crippen molar-refractivity contribution in [2.45, 2.75) is 94.9 Å². The van der Waals surface area contributed by atoms with Crippen molar-refractivity contribution < 1.29 is 27.4 Å². The lowest BCUT2D eigenvalue weighted by molar-refractivity contribution is -0.234. The summed E-state index contributed by atoms with van der Waals surface area (Å²) in [5.41, 5.74) is 3.42. The van der Waals surface area contributed by atoms with Crippen LogP contribution >= 0.6 is 0 Å². The van der Waals surface area contributed by atoms with Gasteiger partial charge in [-0.3, -0.25) is 4.79 Å². The smallest absolute Gasteiger partial charge is 0.264 e. The maximum absolute atomic E-state index is 13.4. The average molecular weight is 666 g/mol. The second-order valence-electron chi connectivity index (χ2n) is 15.1. The fourth-order valence-electron chi connectivity index (χ4n) is 9.18. The maximum Gasteiger partial charge on any atom is 0.264 e. The van der Waals surface area contributed by atoms with Crippen LogP contribution in [0.2, 0.25) is 0 Å². The first-order valence-electron chi connectivity index (χ1n) is 17.7. The highest BCUT2D eigenvalue weighted by molar-refractivity contribution is 7.90. The van der Waals surface area contributed by atoms with Gasteiger partial charge in [-0.1, -0.05) is 37.1 Å². The van der Waals surface area contributed by atoms with Crippen molar-refractivity contribution in [1.82, 2.24) is 10.0 Å². The van der Waals surface area contributed by atoms with Crippen LogP contribution in [-0.2, 0) is 31.3 Å². The van der Waals surface area contributed by atoms with Gasteiger partial charge in [0.1, 0.15) is 5.75 Å². The molecule has 9 nitrogen and oxygen atoms in total. The van der Waals surface area contributed by atoms with Crippen molar-refractivity contribution in [2.75, 3.05) is 44.1 Å². The molecule has 1 saturated heterocycles. The number of anilines is 1. The van der Waals surface area contributed by atoms with Crippen molar-refractivity contribution in [3.63, 3.8) is 0 Å². The predicted octanol–water partition coefficient (Wildman–Crippen LogP) is 5.18. The van der Waals surface area contributed by atoms with Gasteiger partial charge < -0.3 is 24.4 Å². The lowest BCUT2D eigenvalue weighted by atomic mass is 9.58. The van der Waals surface area contributed by atoms with E-state index in [0.29, 0.717) is 43.6 Å². The Hall–Kier alpha value is -2.66. The third-order valence-electron chi connectivity index (χ3n) is 12.0. The van der Waals surface area contributed by atoms with Gasteiger partial charge in [-0.15, -0.1) is 0 Å². The highest BCUT2D eigenvalue weighted by Crippen LogP contribution is 2.54. The number of benzene rings is 2. The molecule has 1 amide bonds. The molecule has 3 heterocycles. The fourth-order valence-corrected chi connectivity index (χ4v) is 10.3. The topological polar surface area (TPSA) is 106 Å². The van der Waals surface area contributed by atoms with Crippen molar-refractivity contribution in [1.29, 1.82) is 0 Å². The molecular formula is C37H51N3O6S. The summed E-state index contributed by atoms with van der Waals surface area (Å²) in [4.78, 5) is 15.9. The summed E-state index contributed by atoms with van der Waals surface area (Å²) in [6, 6.07) is 14.4. The second-order valence-corrected chi connectivity index (χ2v) is 17.0. The predicted molar refractivity (Wildman–Crippen MR) is 182 cm³/mol. The zero-order valence-corrected chi connectivity index (χ0v) is 28.9. The Morgan fingerprint density at radius 1 is 0.957 bits per heavy atom. The summed E-state index contributed by atoms with van der Waals surface area (Å²) in [7, 11) is -1.84. The first-order valence-corrected chi connectivity index (χ1v) is 19.3. The molecule has 47 heavy (non-hydrogen) atoms. The highest BCUT2D eigenvalue weighted by atomic mass is 32.2. The van der Waals surface area contributed by atoms with E-state index in [1.54, 1.807) is 6.07 Å². The van der Waals surface area contributed by atoms with Crippen molar-refractivity contribution in [3.8, 4) is 5.75 Å². The second kappa shape index (κ2) is 13.0. The number of nitrogens with zero attached hydrogens (tertiary/aromatic N) is 1. The van der Waals surface area contributed by atoms with E-state index in [2.05, 4.69) is 53.1 Å². The number of ether oxygens (including phenoxy) is 3. The van der Waals surface area contributed by atoms with Crippen LogP contribution in [0.4, 0.5) is 5.69 Å². The number of amides is 1.